The summed E-state index contributed by atoms with van der Waals surface area (Å²) < 4.78 is 1.91. The number of hydrogen-bond donors (Lipinski definition) is 0. The quantitative estimate of drug-likeness (QED) is 0.270. The van der Waals surface area contributed by atoms with E-state index < -0.39 is 0 Å². The van der Waals surface area contributed by atoms with Crippen molar-refractivity contribution in [3.63, 3.8) is 0 Å². The number of rotatable bonds is 9. The molecule has 0 aliphatic carbocycles. The SMILES string of the molecule is CCCC[C@@H](CC)C(=O)N1CCCN(c2nc(Cc3ccc(C)cc3)nc3c2cnn3-c2ccccc2)CC1. The molecule has 7 nitrogen and oxygen atoms in total. The van der Waals surface area contributed by atoms with Crippen molar-refractivity contribution in [2.24, 2.45) is 5.92 Å². The molecule has 0 saturated carbocycles. The fraction of sp³-hybridized carbons (Fsp3) is 0.438. The van der Waals surface area contributed by atoms with Crippen LogP contribution in [0.25, 0.3) is 16.7 Å². The molecule has 0 spiro atoms. The van der Waals surface area contributed by atoms with Crippen LogP contribution < -0.4 is 4.90 Å². The third kappa shape index (κ3) is 6.13. The molecule has 1 amide bonds. The van der Waals surface area contributed by atoms with E-state index in [2.05, 4.69) is 54.8 Å². The van der Waals surface area contributed by atoms with Gasteiger partial charge in [0.25, 0.3) is 0 Å². The van der Waals surface area contributed by atoms with Crippen molar-refractivity contribution in [2.75, 3.05) is 31.1 Å². The van der Waals surface area contributed by atoms with Crippen molar-refractivity contribution in [3.8, 4) is 5.69 Å². The maximum absolute atomic E-state index is 13.4. The lowest BCUT2D eigenvalue weighted by Crippen LogP contribution is -2.39. The predicted octanol–water partition coefficient (Wildman–Crippen LogP) is 5.97. The number of anilines is 1. The average Bonchev–Trinajstić information content (AvgIpc) is 3.23. The second kappa shape index (κ2) is 12.4. The molecule has 39 heavy (non-hydrogen) atoms. The topological polar surface area (TPSA) is 67.2 Å². The van der Waals surface area contributed by atoms with Crippen molar-refractivity contribution in [1.82, 2.24) is 24.6 Å². The first-order chi connectivity index (χ1) is 19.1. The average molecular weight is 525 g/mol. The Morgan fingerprint density at radius 3 is 2.49 bits per heavy atom. The van der Waals surface area contributed by atoms with Gasteiger partial charge in [-0.15, -0.1) is 0 Å². The van der Waals surface area contributed by atoms with Crippen molar-refractivity contribution in [2.45, 2.75) is 59.3 Å². The number of amides is 1. The highest BCUT2D eigenvalue weighted by Crippen LogP contribution is 2.28. The fourth-order valence-electron chi connectivity index (χ4n) is 5.46. The maximum atomic E-state index is 13.4. The first-order valence-electron chi connectivity index (χ1n) is 14.5. The van der Waals surface area contributed by atoms with Gasteiger partial charge >= 0.3 is 0 Å². The highest BCUT2D eigenvalue weighted by Gasteiger charge is 2.27. The zero-order valence-electron chi connectivity index (χ0n) is 23.5. The summed E-state index contributed by atoms with van der Waals surface area (Å²) in [7, 11) is 0. The molecular formula is C32H40N6O. The highest BCUT2D eigenvalue weighted by molar-refractivity contribution is 5.88. The number of benzene rings is 2. The molecular weight excluding hydrogens is 484 g/mol. The predicted molar refractivity (Wildman–Crippen MR) is 157 cm³/mol. The van der Waals surface area contributed by atoms with Gasteiger partial charge in [0.1, 0.15) is 11.6 Å². The summed E-state index contributed by atoms with van der Waals surface area (Å²) in [5, 5.41) is 5.68. The molecule has 2 aromatic carbocycles. The maximum Gasteiger partial charge on any atom is 0.225 e. The molecule has 4 aromatic rings. The molecule has 0 bridgehead atoms. The number of hydrogen-bond acceptors (Lipinski definition) is 5. The van der Waals surface area contributed by atoms with Crippen LogP contribution in [0.15, 0.2) is 60.8 Å². The Balaban J connectivity index is 1.46. The van der Waals surface area contributed by atoms with Crippen molar-refractivity contribution in [3.05, 3.63) is 77.7 Å². The summed E-state index contributed by atoms with van der Waals surface area (Å²) in [6, 6.07) is 18.7. The molecule has 1 saturated heterocycles. The number of unbranched alkanes of at least 4 members (excludes halogenated alkanes) is 1. The van der Waals surface area contributed by atoms with E-state index in [1.807, 2.05) is 41.2 Å². The van der Waals surface area contributed by atoms with Crippen LogP contribution in [0.5, 0.6) is 0 Å². The van der Waals surface area contributed by atoms with E-state index >= 15 is 0 Å². The van der Waals surface area contributed by atoms with Gasteiger partial charge in [-0.2, -0.15) is 5.10 Å². The Bertz CT molecular complexity index is 1380. The van der Waals surface area contributed by atoms with Gasteiger partial charge in [0, 0.05) is 38.5 Å². The lowest BCUT2D eigenvalue weighted by Gasteiger charge is -2.26. The summed E-state index contributed by atoms with van der Waals surface area (Å²) >= 11 is 0. The van der Waals surface area contributed by atoms with E-state index in [4.69, 9.17) is 15.1 Å². The Morgan fingerprint density at radius 2 is 1.74 bits per heavy atom. The van der Waals surface area contributed by atoms with E-state index in [1.165, 1.54) is 11.1 Å². The standard InChI is InChI=1S/C32H40N6O/c1-4-6-11-26(5-2)32(39)37-19-10-18-36(20-21-37)30-28-23-33-38(27-12-8-7-9-13-27)31(28)35-29(34-30)22-25-16-14-24(3)15-17-25/h7-9,12-17,23,26H,4-6,10-11,18-22H2,1-3H3/t26-/m1/s1. The molecule has 7 heteroatoms. The zero-order valence-corrected chi connectivity index (χ0v) is 23.5. The van der Waals surface area contributed by atoms with Gasteiger partial charge in [-0.1, -0.05) is 74.7 Å². The minimum Gasteiger partial charge on any atom is -0.354 e. The van der Waals surface area contributed by atoms with E-state index in [0.29, 0.717) is 18.9 Å². The van der Waals surface area contributed by atoms with E-state index in [-0.39, 0.29) is 5.92 Å². The molecule has 0 N–H and O–H groups in total. The lowest BCUT2D eigenvalue weighted by molar-refractivity contribution is -0.135. The number of fused-ring (bicyclic) bond motifs is 1. The third-order valence-electron chi connectivity index (χ3n) is 7.79. The largest absolute Gasteiger partial charge is 0.354 e. The molecule has 5 rings (SSSR count). The number of carbonyl (C=O) groups excluding carboxylic acids is 1. The van der Waals surface area contributed by atoms with Crippen LogP contribution in [0.1, 0.15) is 62.9 Å². The van der Waals surface area contributed by atoms with Crippen molar-refractivity contribution < 1.29 is 4.79 Å². The van der Waals surface area contributed by atoms with Crippen LogP contribution in [-0.2, 0) is 11.2 Å². The molecule has 3 heterocycles. The van der Waals surface area contributed by atoms with Crippen LogP contribution in [0, 0.1) is 12.8 Å². The van der Waals surface area contributed by atoms with Gasteiger partial charge < -0.3 is 9.80 Å². The molecule has 1 aliphatic rings. The van der Waals surface area contributed by atoms with Gasteiger partial charge in [-0.3, -0.25) is 4.79 Å². The van der Waals surface area contributed by atoms with Crippen molar-refractivity contribution >= 4 is 22.8 Å². The molecule has 0 radical (unpaired) electrons. The normalized spacial score (nSPS) is 14.9. The van der Waals surface area contributed by atoms with Crippen LogP contribution >= 0.6 is 0 Å². The highest BCUT2D eigenvalue weighted by atomic mass is 16.2. The molecule has 1 atom stereocenters. The van der Waals surface area contributed by atoms with Crippen LogP contribution in [0.4, 0.5) is 5.82 Å². The number of para-hydroxylation sites is 1. The summed E-state index contributed by atoms with van der Waals surface area (Å²) in [6.07, 6.45) is 7.59. The summed E-state index contributed by atoms with van der Waals surface area (Å²) in [6.45, 7) is 9.54. The van der Waals surface area contributed by atoms with Gasteiger partial charge in [-0.25, -0.2) is 14.6 Å². The summed E-state index contributed by atoms with van der Waals surface area (Å²) in [4.78, 5) is 27.9. The number of aromatic nitrogens is 4. The Morgan fingerprint density at radius 1 is 0.949 bits per heavy atom. The Hall–Kier alpha value is -3.74. The number of nitrogens with zero attached hydrogens (tertiary/aromatic N) is 6. The molecule has 0 unspecified atom stereocenters. The van der Waals surface area contributed by atoms with Gasteiger partial charge in [-0.05, 0) is 43.9 Å². The number of aryl methyl sites for hydroxylation is 1. The summed E-state index contributed by atoms with van der Waals surface area (Å²) in [5.41, 5.74) is 4.21. The summed E-state index contributed by atoms with van der Waals surface area (Å²) in [5.74, 6) is 2.14. The molecule has 1 aliphatic heterocycles. The van der Waals surface area contributed by atoms with Crippen LogP contribution in [0.3, 0.4) is 0 Å². The smallest absolute Gasteiger partial charge is 0.225 e. The number of carbonyl (C=O) groups is 1. The van der Waals surface area contributed by atoms with Crippen molar-refractivity contribution in [1.29, 1.82) is 0 Å². The second-order valence-corrected chi connectivity index (χ2v) is 10.7. The van der Waals surface area contributed by atoms with Gasteiger partial charge in [0.15, 0.2) is 5.65 Å². The minimum atomic E-state index is 0.132. The second-order valence-electron chi connectivity index (χ2n) is 10.7. The van der Waals surface area contributed by atoms with Gasteiger partial charge in [0.2, 0.25) is 5.91 Å². The fourth-order valence-corrected chi connectivity index (χ4v) is 5.46. The zero-order chi connectivity index (χ0) is 27.2. The Labute approximate surface area is 231 Å². The van der Waals surface area contributed by atoms with Crippen LogP contribution in [-0.4, -0.2) is 56.7 Å². The first kappa shape index (κ1) is 26.9. The minimum absolute atomic E-state index is 0.132. The first-order valence-corrected chi connectivity index (χ1v) is 14.5. The molecule has 1 fully saturated rings. The van der Waals surface area contributed by atoms with Gasteiger partial charge in [0.05, 0.1) is 17.3 Å². The van der Waals surface area contributed by atoms with E-state index in [0.717, 1.165) is 80.1 Å². The molecule has 204 valence electrons. The molecule has 2 aromatic heterocycles. The van der Waals surface area contributed by atoms with E-state index in [1.54, 1.807) is 0 Å². The monoisotopic (exact) mass is 524 g/mol. The van der Waals surface area contributed by atoms with Crippen LogP contribution in [0.2, 0.25) is 0 Å². The lowest BCUT2D eigenvalue weighted by atomic mass is 9.97. The third-order valence-corrected chi connectivity index (χ3v) is 7.79. The van der Waals surface area contributed by atoms with E-state index in [9.17, 15) is 4.79 Å². The Kier molecular flexibility index (Phi) is 8.54.